The van der Waals surface area contributed by atoms with E-state index >= 15 is 0 Å². The average molecular weight is 411 g/mol. The molecule has 0 rings (SSSR count). The minimum absolute atomic E-state index is 0.709. The van der Waals surface area contributed by atoms with Crippen LogP contribution < -0.4 is 0 Å². The summed E-state index contributed by atoms with van der Waals surface area (Å²) in [5.41, 5.74) is 0. The fourth-order valence-corrected chi connectivity index (χ4v) is 7.03. The van der Waals surface area contributed by atoms with E-state index in [0.717, 1.165) is 24.9 Å². The fourth-order valence-electron chi connectivity index (χ4n) is 3.49. The molecule has 0 N–H and O–H groups in total. The van der Waals surface area contributed by atoms with Gasteiger partial charge in [0.15, 0.2) is 0 Å². The second-order valence-electron chi connectivity index (χ2n) is 6.87. The van der Waals surface area contributed by atoms with Crippen LogP contribution in [0.25, 0.3) is 0 Å². The summed E-state index contributed by atoms with van der Waals surface area (Å²) in [6, 6.07) is 1.74. The van der Waals surface area contributed by atoms with E-state index in [1.807, 2.05) is 0 Å². The Balaban J connectivity index is 4.46. The van der Waals surface area contributed by atoms with Crippen molar-refractivity contribution in [2.24, 2.45) is 11.8 Å². The van der Waals surface area contributed by atoms with Crippen molar-refractivity contribution in [2.75, 3.05) is 42.7 Å². The maximum atomic E-state index is 5.54. The predicted molar refractivity (Wildman–Crippen MR) is 109 cm³/mol. The quantitative estimate of drug-likeness (QED) is 0.262. The SMILES string of the molecule is CCC(C)C(CCCC[Si](OC)(OC)OC)CCC[Si](OC)(OC)OC. The van der Waals surface area contributed by atoms with Crippen LogP contribution in [0.3, 0.4) is 0 Å². The maximum Gasteiger partial charge on any atom is 0.500 e. The zero-order chi connectivity index (χ0) is 20.1. The van der Waals surface area contributed by atoms with E-state index in [4.69, 9.17) is 26.6 Å². The van der Waals surface area contributed by atoms with Gasteiger partial charge in [-0.1, -0.05) is 39.5 Å². The zero-order valence-corrected chi connectivity index (χ0v) is 20.3. The second-order valence-corrected chi connectivity index (χ2v) is 13.1. The third-order valence-corrected chi connectivity index (χ3v) is 11.3. The number of hydrogen-bond donors (Lipinski definition) is 0. The van der Waals surface area contributed by atoms with Crippen molar-refractivity contribution in [1.82, 2.24) is 0 Å². The Bertz CT molecular complexity index is 321. The second kappa shape index (κ2) is 14.2. The van der Waals surface area contributed by atoms with Crippen LogP contribution in [0.4, 0.5) is 0 Å². The molecule has 6 nitrogen and oxygen atoms in total. The molecular formula is C18H42O6Si2. The lowest BCUT2D eigenvalue weighted by atomic mass is 9.84. The molecule has 0 aliphatic carbocycles. The van der Waals surface area contributed by atoms with Gasteiger partial charge in [0.05, 0.1) is 0 Å². The molecule has 158 valence electrons. The Kier molecular flexibility index (Phi) is 14.3. The Morgan fingerprint density at radius 2 is 1.00 bits per heavy atom. The molecule has 0 aromatic heterocycles. The topological polar surface area (TPSA) is 55.4 Å². The van der Waals surface area contributed by atoms with Crippen LogP contribution in [0.2, 0.25) is 12.1 Å². The van der Waals surface area contributed by atoms with Gasteiger partial charge >= 0.3 is 17.6 Å². The summed E-state index contributed by atoms with van der Waals surface area (Å²) in [6.07, 6.45) is 6.92. The van der Waals surface area contributed by atoms with E-state index < -0.39 is 17.6 Å². The van der Waals surface area contributed by atoms with Crippen molar-refractivity contribution in [1.29, 1.82) is 0 Å². The molecule has 0 saturated heterocycles. The molecule has 0 aromatic rings. The van der Waals surface area contributed by atoms with E-state index in [0.29, 0.717) is 11.8 Å². The summed E-state index contributed by atoms with van der Waals surface area (Å²) >= 11 is 0. The van der Waals surface area contributed by atoms with Crippen molar-refractivity contribution >= 4 is 17.6 Å². The van der Waals surface area contributed by atoms with Crippen molar-refractivity contribution in [3.05, 3.63) is 0 Å². The summed E-state index contributed by atoms with van der Waals surface area (Å²) in [6.45, 7) is 4.63. The van der Waals surface area contributed by atoms with Crippen LogP contribution in [0, 0.1) is 11.8 Å². The third kappa shape index (κ3) is 8.47. The summed E-state index contributed by atoms with van der Waals surface area (Å²) in [5.74, 6) is 1.42. The first kappa shape index (κ1) is 26.2. The van der Waals surface area contributed by atoms with Crippen molar-refractivity contribution in [3.8, 4) is 0 Å². The molecular weight excluding hydrogens is 368 g/mol. The standard InChI is InChI=1S/C18H42O6Si2/c1-9-17(2)18(14-12-16-26(22-6,23-7)24-8)13-10-11-15-25(19-3,20-4)21-5/h17-18H,9-16H2,1-8H3. The average Bonchev–Trinajstić information content (AvgIpc) is 2.70. The zero-order valence-electron chi connectivity index (χ0n) is 18.3. The van der Waals surface area contributed by atoms with Crippen LogP contribution in [0.15, 0.2) is 0 Å². The number of rotatable bonds is 17. The lowest BCUT2D eigenvalue weighted by Crippen LogP contribution is -2.42. The van der Waals surface area contributed by atoms with Gasteiger partial charge in [-0.15, -0.1) is 0 Å². The molecule has 0 aliphatic rings. The van der Waals surface area contributed by atoms with E-state index in [-0.39, 0.29) is 0 Å². The molecule has 0 aliphatic heterocycles. The molecule has 0 bridgehead atoms. The summed E-state index contributed by atoms with van der Waals surface area (Å²) in [7, 11) is 5.20. The largest absolute Gasteiger partial charge is 0.500 e. The highest BCUT2D eigenvalue weighted by atomic mass is 28.4. The van der Waals surface area contributed by atoms with Gasteiger partial charge in [-0.3, -0.25) is 0 Å². The first-order valence-corrected chi connectivity index (χ1v) is 13.6. The highest BCUT2D eigenvalue weighted by molar-refractivity contribution is 6.60. The van der Waals surface area contributed by atoms with Crippen molar-refractivity contribution in [2.45, 2.75) is 64.5 Å². The fraction of sp³-hybridized carbons (Fsp3) is 1.00. The Morgan fingerprint density at radius 3 is 1.38 bits per heavy atom. The molecule has 0 radical (unpaired) electrons. The van der Waals surface area contributed by atoms with Crippen LogP contribution >= 0.6 is 0 Å². The van der Waals surface area contributed by atoms with Crippen molar-refractivity contribution in [3.63, 3.8) is 0 Å². The molecule has 0 fully saturated rings. The molecule has 26 heavy (non-hydrogen) atoms. The monoisotopic (exact) mass is 410 g/mol. The highest BCUT2D eigenvalue weighted by Crippen LogP contribution is 2.29. The third-order valence-electron chi connectivity index (χ3n) is 5.68. The smallest absolute Gasteiger partial charge is 0.377 e. The Hall–Kier alpha value is 0.194. The molecule has 2 unspecified atom stereocenters. The lowest BCUT2D eigenvalue weighted by molar-refractivity contribution is 0.120. The van der Waals surface area contributed by atoms with E-state index in [1.165, 1.54) is 25.7 Å². The molecule has 0 saturated carbocycles. The molecule has 0 heterocycles. The van der Waals surface area contributed by atoms with Gasteiger partial charge < -0.3 is 26.6 Å². The van der Waals surface area contributed by atoms with Crippen LogP contribution in [0.5, 0.6) is 0 Å². The molecule has 2 atom stereocenters. The lowest BCUT2D eigenvalue weighted by Gasteiger charge is -2.27. The van der Waals surface area contributed by atoms with Crippen LogP contribution in [-0.4, -0.2) is 60.3 Å². The first-order valence-electron chi connectivity index (χ1n) is 9.72. The normalized spacial score (nSPS) is 15.2. The van der Waals surface area contributed by atoms with Gasteiger partial charge in [-0.2, -0.15) is 0 Å². The minimum atomic E-state index is -2.45. The van der Waals surface area contributed by atoms with Gasteiger partial charge in [-0.05, 0) is 24.7 Å². The summed E-state index contributed by atoms with van der Waals surface area (Å²) < 4.78 is 33.1. The van der Waals surface area contributed by atoms with Crippen LogP contribution in [0.1, 0.15) is 52.4 Å². The van der Waals surface area contributed by atoms with E-state index in [9.17, 15) is 0 Å². The number of unbranched alkanes of at least 4 members (excludes halogenated alkanes) is 1. The molecule has 0 aromatic carbocycles. The molecule has 0 spiro atoms. The molecule has 0 amide bonds. The highest BCUT2D eigenvalue weighted by Gasteiger charge is 2.38. The van der Waals surface area contributed by atoms with Crippen LogP contribution in [-0.2, 0) is 26.6 Å². The van der Waals surface area contributed by atoms with Gasteiger partial charge in [-0.25, -0.2) is 0 Å². The molecule has 8 heteroatoms. The first-order chi connectivity index (χ1) is 12.4. The van der Waals surface area contributed by atoms with Gasteiger partial charge in [0, 0.05) is 54.7 Å². The van der Waals surface area contributed by atoms with E-state index in [2.05, 4.69) is 13.8 Å². The maximum absolute atomic E-state index is 5.54. The Labute approximate surface area is 163 Å². The van der Waals surface area contributed by atoms with Crippen molar-refractivity contribution < 1.29 is 26.6 Å². The summed E-state index contributed by atoms with van der Waals surface area (Å²) in [5, 5.41) is 0. The number of hydrogen-bond acceptors (Lipinski definition) is 6. The van der Waals surface area contributed by atoms with E-state index in [1.54, 1.807) is 42.7 Å². The minimum Gasteiger partial charge on any atom is -0.377 e. The predicted octanol–water partition coefficient (Wildman–Crippen LogP) is 4.36. The van der Waals surface area contributed by atoms with Gasteiger partial charge in [0.1, 0.15) is 0 Å². The summed E-state index contributed by atoms with van der Waals surface area (Å²) in [4.78, 5) is 0. The Morgan fingerprint density at radius 1 is 0.615 bits per heavy atom. The van der Waals surface area contributed by atoms with Gasteiger partial charge in [0.2, 0.25) is 0 Å². The van der Waals surface area contributed by atoms with Gasteiger partial charge in [0.25, 0.3) is 0 Å².